The molecule has 0 fully saturated rings. The molecule has 2 N–H and O–H groups in total. The second kappa shape index (κ2) is 6.36. The molecule has 0 saturated carbocycles. The molecule has 0 radical (unpaired) electrons. The highest BCUT2D eigenvalue weighted by molar-refractivity contribution is 7.80. The average molecular weight is 229 g/mol. The van der Waals surface area contributed by atoms with Gasteiger partial charge in [-0.15, -0.1) is 0 Å². The van der Waals surface area contributed by atoms with Crippen molar-refractivity contribution in [1.29, 1.82) is 0 Å². The highest BCUT2D eigenvalue weighted by Gasteiger charge is 2.02. The fourth-order valence-electron chi connectivity index (χ4n) is 0.961. The van der Waals surface area contributed by atoms with Crippen molar-refractivity contribution in [2.24, 2.45) is 0 Å². The third-order valence-electron chi connectivity index (χ3n) is 1.84. The largest absolute Gasteiger partial charge is 0.448 e. The van der Waals surface area contributed by atoms with Crippen LogP contribution in [0.15, 0.2) is 10.8 Å². The summed E-state index contributed by atoms with van der Waals surface area (Å²) in [6.07, 6.45) is 1.42. The van der Waals surface area contributed by atoms with Crippen LogP contribution in [-0.4, -0.2) is 30.3 Å². The van der Waals surface area contributed by atoms with Gasteiger partial charge in [0.15, 0.2) is 11.5 Å². The zero-order valence-corrected chi connectivity index (χ0v) is 9.69. The third kappa shape index (κ3) is 4.26. The smallest absolute Gasteiger partial charge is 0.181 e. The number of hydrogen-bond acceptors (Lipinski definition) is 4. The van der Waals surface area contributed by atoms with Crippen molar-refractivity contribution >= 4 is 17.3 Å². The number of rotatable bonds is 5. The molecule has 1 heterocycles. The standard InChI is InChI=1S/C9H15N3O2S/c1-7-8(12-6-14-7)5-13-4-3-11-9(15)10-2/h6H,3-5H2,1-2H3,(H2,10,11,15). The summed E-state index contributed by atoms with van der Waals surface area (Å²) >= 11 is 4.90. The molecule has 0 aliphatic carbocycles. The van der Waals surface area contributed by atoms with Crippen molar-refractivity contribution in [3.63, 3.8) is 0 Å². The lowest BCUT2D eigenvalue weighted by Crippen LogP contribution is -2.34. The first-order valence-corrected chi connectivity index (χ1v) is 5.07. The van der Waals surface area contributed by atoms with Crippen molar-refractivity contribution in [3.8, 4) is 0 Å². The van der Waals surface area contributed by atoms with Crippen molar-refractivity contribution in [2.45, 2.75) is 13.5 Å². The molecule has 1 aromatic heterocycles. The van der Waals surface area contributed by atoms with E-state index < -0.39 is 0 Å². The molecule has 0 bridgehead atoms. The summed E-state index contributed by atoms with van der Waals surface area (Å²) in [6.45, 7) is 3.58. The summed E-state index contributed by atoms with van der Waals surface area (Å²) in [4.78, 5) is 4.01. The average Bonchev–Trinajstić information content (AvgIpc) is 2.63. The molecule has 6 heteroatoms. The summed E-state index contributed by atoms with van der Waals surface area (Å²) in [5.74, 6) is 0.800. The fraction of sp³-hybridized carbons (Fsp3) is 0.556. The molecule has 0 spiro atoms. The minimum Gasteiger partial charge on any atom is -0.448 e. The predicted octanol–water partition coefficient (Wildman–Crippen LogP) is 0.594. The van der Waals surface area contributed by atoms with Gasteiger partial charge in [-0.25, -0.2) is 4.98 Å². The minimum absolute atomic E-state index is 0.469. The van der Waals surface area contributed by atoms with E-state index in [-0.39, 0.29) is 0 Å². The van der Waals surface area contributed by atoms with Gasteiger partial charge in [0.1, 0.15) is 11.5 Å². The van der Waals surface area contributed by atoms with Gasteiger partial charge in [-0.1, -0.05) is 0 Å². The van der Waals surface area contributed by atoms with Gasteiger partial charge in [0, 0.05) is 13.6 Å². The molecule has 0 aromatic carbocycles. The van der Waals surface area contributed by atoms with E-state index >= 15 is 0 Å². The maximum atomic E-state index is 5.38. The SMILES string of the molecule is CNC(=S)NCCOCc1ncoc1C. The molecule has 1 rings (SSSR count). The third-order valence-corrected chi connectivity index (χ3v) is 2.19. The van der Waals surface area contributed by atoms with Gasteiger partial charge in [-0.3, -0.25) is 0 Å². The lowest BCUT2D eigenvalue weighted by molar-refractivity contribution is 0.122. The Morgan fingerprint density at radius 2 is 2.47 bits per heavy atom. The first-order valence-electron chi connectivity index (χ1n) is 4.66. The van der Waals surface area contributed by atoms with E-state index in [1.165, 1.54) is 6.39 Å². The van der Waals surface area contributed by atoms with Crippen molar-refractivity contribution in [1.82, 2.24) is 15.6 Å². The Hall–Kier alpha value is -1.14. The first-order chi connectivity index (χ1) is 7.24. The van der Waals surface area contributed by atoms with Crippen LogP contribution in [0.2, 0.25) is 0 Å². The number of nitrogens with one attached hydrogen (secondary N) is 2. The summed E-state index contributed by atoms with van der Waals surface area (Å²) < 4.78 is 10.4. The molecule has 5 nitrogen and oxygen atoms in total. The van der Waals surface area contributed by atoms with Crippen LogP contribution < -0.4 is 10.6 Å². The summed E-state index contributed by atoms with van der Waals surface area (Å²) in [7, 11) is 1.77. The number of oxazole rings is 1. The first kappa shape index (κ1) is 11.9. The Kier molecular flexibility index (Phi) is 5.06. The number of thiocarbonyl (C=S) groups is 1. The monoisotopic (exact) mass is 229 g/mol. The number of ether oxygens (including phenoxy) is 1. The van der Waals surface area contributed by atoms with E-state index in [4.69, 9.17) is 21.4 Å². The van der Waals surface area contributed by atoms with Gasteiger partial charge in [-0.2, -0.15) is 0 Å². The van der Waals surface area contributed by atoms with Gasteiger partial charge in [-0.05, 0) is 19.1 Å². The molecule has 15 heavy (non-hydrogen) atoms. The molecule has 84 valence electrons. The fourth-order valence-corrected chi connectivity index (χ4v) is 1.06. The van der Waals surface area contributed by atoms with Crippen LogP contribution in [0.4, 0.5) is 0 Å². The van der Waals surface area contributed by atoms with E-state index in [9.17, 15) is 0 Å². The van der Waals surface area contributed by atoms with E-state index in [2.05, 4.69) is 15.6 Å². The maximum Gasteiger partial charge on any atom is 0.181 e. The van der Waals surface area contributed by atoms with Gasteiger partial charge >= 0.3 is 0 Å². The van der Waals surface area contributed by atoms with Crippen LogP contribution in [0.1, 0.15) is 11.5 Å². The van der Waals surface area contributed by atoms with Crippen LogP contribution in [0.5, 0.6) is 0 Å². The Labute approximate surface area is 94.2 Å². The molecular formula is C9H15N3O2S. The van der Waals surface area contributed by atoms with Crippen LogP contribution in [0, 0.1) is 6.92 Å². The zero-order valence-electron chi connectivity index (χ0n) is 8.87. The lowest BCUT2D eigenvalue weighted by atomic mass is 10.4. The second-order valence-electron chi connectivity index (χ2n) is 2.91. The van der Waals surface area contributed by atoms with Crippen LogP contribution in [0.25, 0.3) is 0 Å². The second-order valence-corrected chi connectivity index (χ2v) is 3.32. The summed E-state index contributed by atoms with van der Waals surface area (Å²) in [5.41, 5.74) is 0.839. The predicted molar refractivity (Wildman–Crippen MR) is 60.6 cm³/mol. The number of hydrogen-bond donors (Lipinski definition) is 2. The zero-order chi connectivity index (χ0) is 11.1. The van der Waals surface area contributed by atoms with Gasteiger partial charge in [0.05, 0.1) is 13.2 Å². The highest BCUT2D eigenvalue weighted by Crippen LogP contribution is 2.05. The molecular weight excluding hydrogens is 214 g/mol. The van der Waals surface area contributed by atoms with E-state index in [1.807, 2.05) is 6.92 Å². The number of aromatic nitrogens is 1. The molecule has 0 unspecified atom stereocenters. The molecule has 0 saturated heterocycles. The maximum absolute atomic E-state index is 5.38. The Balaban J connectivity index is 2.07. The topological polar surface area (TPSA) is 59.3 Å². The normalized spacial score (nSPS) is 10.0. The van der Waals surface area contributed by atoms with Crippen LogP contribution >= 0.6 is 12.2 Å². The van der Waals surface area contributed by atoms with Gasteiger partial charge in [0.25, 0.3) is 0 Å². The Bertz CT molecular complexity index is 314. The minimum atomic E-state index is 0.469. The summed E-state index contributed by atoms with van der Waals surface area (Å²) in [5, 5.41) is 6.42. The highest BCUT2D eigenvalue weighted by atomic mass is 32.1. The van der Waals surface area contributed by atoms with Gasteiger partial charge in [0.2, 0.25) is 0 Å². The van der Waals surface area contributed by atoms with E-state index in [0.29, 0.717) is 24.9 Å². The summed E-state index contributed by atoms with van der Waals surface area (Å²) in [6, 6.07) is 0. The number of aryl methyl sites for hydroxylation is 1. The van der Waals surface area contributed by atoms with Gasteiger partial charge < -0.3 is 19.8 Å². The number of nitrogens with zero attached hydrogens (tertiary/aromatic N) is 1. The van der Waals surface area contributed by atoms with Crippen LogP contribution in [-0.2, 0) is 11.3 Å². The van der Waals surface area contributed by atoms with Crippen molar-refractivity contribution < 1.29 is 9.15 Å². The Morgan fingerprint density at radius 3 is 3.07 bits per heavy atom. The Morgan fingerprint density at radius 1 is 1.67 bits per heavy atom. The molecule has 1 aromatic rings. The van der Waals surface area contributed by atoms with Crippen molar-refractivity contribution in [2.75, 3.05) is 20.2 Å². The van der Waals surface area contributed by atoms with Crippen molar-refractivity contribution in [3.05, 3.63) is 17.8 Å². The lowest BCUT2D eigenvalue weighted by Gasteiger charge is -2.06. The molecule has 0 atom stereocenters. The molecule has 0 aliphatic heterocycles. The van der Waals surface area contributed by atoms with E-state index in [1.54, 1.807) is 7.05 Å². The molecule has 0 aliphatic rings. The van der Waals surface area contributed by atoms with E-state index in [0.717, 1.165) is 11.5 Å². The molecule has 0 amide bonds. The quantitative estimate of drug-likeness (QED) is 0.569. The van der Waals surface area contributed by atoms with Crippen LogP contribution in [0.3, 0.4) is 0 Å².